The zero-order chi connectivity index (χ0) is 13.7. The van der Waals surface area contributed by atoms with Gasteiger partial charge >= 0.3 is 0 Å². The molecule has 1 fully saturated rings. The number of hydrogen-bond acceptors (Lipinski definition) is 3. The standard InChI is InChI=1S/C15H23FN2S/c1-3-17-14(15-11-19-9-8-18(15)2)10-12-4-6-13(16)7-5-12/h4-7,14-15,17H,3,8-11H2,1-2H3. The highest BCUT2D eigenvalue weighted by Crippen LogP contribution is 2.20. The summed E-state index contributed by atoms with van der Waals surface area (Å²) in [6, 6.07) is 7.90. The fourth-order valence-electron chi connectivity index (χ4n) is 2.61. The van der Waals surface area contributed by atoms with Crippen LogP contribution in [0.3, 0.4) is 0 Å². The Balaban J connectivity index is 2.04. The van der Waals surface area contributed by atoms with Gasteiger partial charge in [-0.2, -0.15) is 11.8 Å². The van der Waals surface area contributed by atoms with Crippen LogP contribution < -0.4 is 5.32 Å². The smallest absolute Gasteiger partial charge is 0.123 e. The van der Waals surface area contributed by atoms with Gasteiger partial charge in [0.1, 0.15) is 5.82 Å². The number of nitrogens with zero attached hydrogens (tertiary/aromatic N) is 1. The molecule has 0 amide bonds. The lowest BCUT2D eigenvalue weighted by Gasteiger charge is -2.38. The van der Waals surface area contributed by atoms with Crippen molar-refractivity contribution in [2.45, 2.75) is 25.4 Å². The molecule has 0 saturated carbocycles. The molecule has 19 heavy (non-hydrogen) atoms. The van der Waals surface area contributed by atoms with Crippen LogP contribution in [0.5, 0.6) is 0 Å². The summed E-state index contributed by atoms with van der Waals surface area (Å²) in [6.07, 6.45) is 0.962. The zero-order valence-corrected chi connectivity index (χ0v) is 12.5. The van der Waals surface area contributed by atoms with Gasteiger partial charge in [-0.05, 0) is 37.7 Å². The molecule has 1 aromatic carbocycles. The third-order valence-electron chi connectivity index (χ3n) is 3.74. The number of thioether (sulfide) groups is 1. The van der Waals surface area contributed by atoms with Crippen molar-refractivity contribution >= 4 is 11.8 Å². The number of hydrogen-bond donors (Lipinski definition) is 1. The lowest BCUT2D eigenvalue weighted by atomic mass is 9.99. The van der Waals surface area contributed by atoms with Crippen LogP contribution in [0, 0.1) is 5.82 Å². The molecule has 0 aliphatic carbocycles. The Kier molecular flexibility index (Phi) is 5.67. The predicted octanol–water partition coefficient (Wildman–Crippen LogP) is 2.39. The fraction of sp³-hybridized carbons (Fsp3) is 0.600. The first kappa shape index (κ1) is 14.8. The van der Waals surface area contributed by atoms with Gasteiger partial charge in [-0.3, -0.25) is 0 Å². The SMILES string of the molecule is CCNC(Cc1ccc(F)cc1)C1CSCCN1C. The Morgan fingerprint density at radius 2 is 2.16 bits per heavy atom. The average Bonchev–Trinajstić information content (AvgIpc) is 2.41. The van der Waals surface area contributed by atoms with Gasteiger partial charge in [0.15, 0.2) is 0 Å². The minimum Gasteiger partial charge on any atom is -0.312 e. The average molecular weight is 282 g/mol. The first-order valence-corrected chi connectivity index (χ1v) is 8.12. The molecule has 0 spiro atoms. The van der Waals surface area contributed by atoms with Crippen LogP contribution in [-0.4, -0.2) is 48.6 Å². The van der Waals surface area contributed by atoms with E-state index in [1.165, 1.54) is 17.1 Å². The number of likely N-dealkylation sites (N-methyl/N-ethyl adjacent to an activating group) is 2. The lowest BCUT2D eigenvalue weighted by Crippen LogP contribution is -2.53. The summed E-state index contributed by atoms with van der Waals surface area (Å²) in [6.45, 7) is 4.27. The van der Waals surface area contributed by atoms with Crippen molar-refractivity contribution in [3.8, 4) is 0 Å². The van der Waals surface area contributed by atoms with Gasteiger partial charge in [0.2, 0.25) is 0 Å². The van der Waals surface area contributed by atoms with E-state index in [2.05, 4.69) is 24.2 Å². The summed E-state index contributed by atoms with van der Waals surface area (Å²) < 4.78 is 13.0. The van der Waals surface area contributed by atoms with Gasteiger partial charge in [-0.1, -0.05) is 19.1 Å². The molecule has 0 aromatic heterocycles. The Bertz CT molecular complexity index is 382. The second-order valence-corrected chi connectivity index (χ2v) is 6.27. The third kappa shape index (κ3) is 4.20. The van der Waals surface area contributed by atoms with E-state index in [9.17, 15) is 4.39 Å². The maximum absolute atomic E-state index is 13.0. The van der Waals surface area contributed by atoms with Crippen LogP contribution in [0.25, 0.3) is 0 Å². The van der Waals surface area contributed by atoms with Crippen LogP contribution >= 0.6 is 11.8 Å². The highest BCUT2D eigenvalue weighted by Gasteiger charge is 2.27. The fourth-order valence-corrected chi connectivity index (χ4v) is 3.92. The predicted molar refractivity (Wildman–Crippen MR) is 81.3 cm³/mol. The number of benzene rings is 1. The molecule has 1 aliphatic rings. The van der Waals surface area contributed by atoms with Gasteiger partial charge in [0.05, 0.1) is 0 Å². The van der Waals surface area contributed by atoms with E-state index < -0.39 is 0 Å². The summed E-state index contributed by atoms with van der Waals surface area (Å²) in [5.41, 5.74) is 1.20. The monoisotopic (exact) mass is 282 g/mol. The van der Waals surface area contributed by atoms with Gasteiger partial charge in [-0.25, -0.2) is 4.39 Å². The Hall–Kier alpha value is -0.580. The third-order valence-corrected chi connectivity index (χ3v) is 4.79. The van der Waals surface area contributed by atoms with Crippen molar-refractivity contribution < 1.29 is 4.39 Å². The summed E-state index contributed by atoms with van der Waals surface area (Å²) in [5, 5.41) is 3.60. The molecule has 2 atom stereocenters. The zero-order valence-electron chi connectivity index (χ0n) is 11.7. The minimum atomic E-state index is -0.158. The van der Waals surface area contributed by atoms with E-state index in [0.29, 0.717) is 12.1 Å². The van der Waals surface area contributed by atoms with Gasteiger partial charge in [0.25, 0.3) is 0 Å². The summed E-state index contributed by atoms with van der Waals surface area (Å²) in [7, 11) is 2.21. The molecule has 1 saturated heterocycles. The van der Waals surface area contributed by atoms with Crippen molar-refractivity contribution in [2.75, 3.05) is 31.6 Å². The second kappa shape index (κ2) is 7.27. The van der Waals surface area contributed by atoms with Crippen LogP contribution in [0.2, 0.25) is 0 Å². The molecule has 106 valence electrons. The number of nitrogens with one attached hydrogen (secondary N) is 1. The van der Waals surface area contributed by atoms with Gasteiger partial charge in [0, 0.05) is 30.1 Å². The van der Waals surface area contributed by atoms with Crippen LogP contribution in [0.1, 0.15) is 12.5 Å². The van der Waals surface area contributed by atoms with Crippen LogP contribution in [-0.2, 0) is 6.42 Å². The maximum Gasteiger partial charge on any atom is 0.123 e. The molecule has 1 aliphatic heterocycles. The van der Waals surface area contributed by atoms with E-state index >= 15 is 0 Å². The molecule has 2 nitrogen and oxygen atoms in total. The Morgan fingerprint density at radius 3 is 2.79 bits per heavy atom. The Morgan fingerprint density at radius 1 is 1.42 bits per heavy atom. The van der Waals surface area contributed by atoms with E-state index in [4.69, 9.17) is 0 Å². The normalized spacial score (nSPS) is 22.4. The second-order valence-electron chi connectivity index (χ2n) is 5.12. The molecule has 0 radical (unpaired) electrons. The highest BCUT2D eigenvalue weighted by atomic mass is 32.2. The minimum absolute atomic E-state index is 0.158. The van der Waals surface area contributed by atoms with E-state index in [-0.39, 0.29) is 5.82 Å². The molecule has 1 heterocycles. The van der Waals surface area contributed by atoms with Crippen molar-refractivity contribution in [2.24, 2.45) is 0 Å². The van der Waals surface area contributed by atoms with E-state index in [1.54, 1.807) is 12.1 Å². The number of halogens is 1. The summed E-state index contributed by atoms with van der Waals surface area (Å²) >= 11 is 2.03. The lowest BCUT2D eigenvalue weighted by molar-refractivity contribution is 0.215. The molecule has 4 heteroatoms. The molecular formula is C15H23FN2S. The molecule has 2 rings (SSSR count). The largest absolute Gasteiger partial charge is 0.312 e. The van der Waals surface area contributed by atoms with Crippen molar-refractivity contribution in [1.29, 1.82) is 0 Å². The van der Waals surface area contributed by atoms with E-state index in [1.807, 2.05) is 23.9 Å². The first-order valence-electron chi connectivity index (χ1n) is 6.96. The maximum atomic E-state index is 13.0. The molecule has 1 N–H and O–H groups in total. The van der Waals surface area contributed by atoms with E-state index in [0.717, 1.165) is 19.5 Å². The highest BCUT2D eigenvalue weighted by molar-refractivity contribution is 7.99. The quantitative estimate of drug-likeness (QED) is 0.893. The van der Waals surface area contributed by atoms with Crippen molar-refractivity contribution in [3.05, 3.63) is 35.6 Å². The summed E-state index contributed by atoms with van der Waals surface area (Å²) in [5.74, 6) is 2.24. The molecular weight excluding hydrogens is 259 g/mol. The topological polar surface area (TPSA) is 15.3 Å². The summed E-state index contributed by atoms with van der Waals surface area (Å²) in [4.78, 5) is 2.45. The Labute approximate surface area is 119 Å². The molecule has 2 unspecified atom stereocenters. The van der Waals surface area contributed by atoms with Gasteiger partial charge in [-0.15, -0.1) is 0 Å². The van der Waals surface area contributed by atoms with Crippen LogP contribution in [0.4, 0.5) is 4.39 Å². The van der Waals surface area contributed by atoms with Crippen LogP contribution in [0.15, 0.2) is 24.3 Å². The molecule has 1 aromatic rings. The van der Waals surface area contributed by atoms with Gasteiger partial charge < -0.3 is 10.2 Å². The number of rotatable bonds is 5. The van der Waals surface area contributed by atoms with Crippen molar-refractivity contribution in [3.63, 3.8) is 0 Å². The molecule has 0 bridgehead atoms. The first-order chi connectivity index (χ1) is 9.20. The van der Waals surface area contributed by atoms with Crippen molar-refractivity contribution in [1.82, 2.24) is 10.2 Å².